The third kappa shape index (κ3) is 27.7. The van der Waals surface area contributed by atoms with Crippen molar-refractivity contribution in [2.75, 3.05) is 0 Å². The van der Waals surface area contributed by atoms with E-state index in [1.807, 2.05) is 0 Å². The first kappa shape index (κ1) is 27.1. The fourth-order valence-electron chi connectivity index (χ4n) is 2.64. The Kier molecular flexibility index (Phi) is 22.9. The zero-order valence-corrected chi connectivity index (χ0v) is 17.0. The molecule has 156 valence electrons. The quantitative estimate of drug-likeness (QED) is 0.395. The summed E-state index contributed by atoms with van der Waals surface area (Å²) in [7, 11) is 0. The highest BCUT2D eigenvalue weighted by molar-refractivity contribution is 5.68. The fraction of sp³-hybridized carbons (Fsp3) is 0.905. The molecule has 1 atom stereocenters. The molecular weight excluding hydrogens is 332 g/mol. The van der Waals surface area contributed by atoms with Crippen molar-refractivity contribution in [3.63, 3.8) is 0 Å². The van der Waals surface area contributed by atoms with Crippen molar-refractivity contribution in [1.82, 2.24) is 0 Å². The maximum atomic E-state index is 10.2. The van der Waals surface area contributed by atoms with E-state index in [9.17, 15) is 19.8 Å². The second-order valence-electron chi connectivity index (χ2n) is 7.07. The summed E-state index contributed by atoms with van der Waals surface area (Å²) >= 11 is 0. The molecule has 0 bridgehead atoms. The van der Waals surface area contributed by atoms with Crippen LogP contribution in [-0.2, 0) is 9.59 Å². The fourth-order valence-corrected chi connectivity index (χ4v) is 2.64. The molecule has 1 unspecified atom stereocenters. The summed E-state index contributed by atoms with van der Waals surface area (Å²) in [5, 5.41) is 27.5. The Bertz CT molecular complexity index is 316. The number of aliphatic hydroxyl groups excluding tert-OH is 1. The van der Waals surface area contributed by atoms with E-state index < -0.39 is 18.0 Å². The van der Waals surface area contributed by atoms with Crippen LogP contribution in [0.4, 0.5) is 0 Å². The number of hydrogen-bond donors (Lipinski definition) is 1. The van der Waals surface area contributed by atoms with E-state index in [0.717, 1.165) is 19.8 Å². The van der Waals surface area contributed by atoms with Gasteiger partial charge in [-0.2, -0.15) is 0 Å². The molecule has 0 fully saturated rings. The molecule has 0 saturated heterocycles. The molecule has 0 aromatic carbocycles. The van der Waals surface area contributed by atoms with E-state index in [4.69, 9.17) is 5.11 Å². The number of carbonyl (C=O) groups excluding carboxylic acids is 2. The van der Waals surface area contributed by atoms with Gasteiger partial charge in [0.25, 0.3) is 0 Å². The Morgan fingerprint density at radius 2 is 0.962 bits per heavy atom. The molecule has 0 spiro atoms. The second-order valence-corrected chi connectivity index (χ2v) is 7.07. The number of unbranched alkanes of at least 4 members (excludes halogenated alkanes) is 14. The van der Waals surface area contributed by atoms with Gasteiger partial charge in [-0.25, -0.2) is 0 Å². The predicted octanol–water partition coefficient (Wildman–Crippen LogP) is 3.11. The minimum atomic E-state index is -1.44. The van der Waals surface area contributed by atoms with Gasteiger partial charge in [-0.15, -0.1) is 0 Å². The summed E-state index contributed by atoms with van der Waals surface area (Å²) in [6.07, 6.45) is 18.5. The van der Waals surface area contributed by atoms with Crippen molar-refractivity contribution in [2.45, 2.75) is 123 Å². The molecule has 0 aliphatic heterocycles. The van der Waals surface area contributed by atoms with Gasteiger partial charge in [0.2, 0.25) is 0 Å². The van der Waals surface area contributed by atoms with Crippen LogP contribution in [0.3, 0.4) is 0 Å². The summed E-state index contributed by atoms with van der Waals surface area (Å²) in [6.45, 7) is 3.40. The average Bonchev–Trinajstić information content (AvgIpc) is 2.58. The summed E-state index contributed by atoms with van der Waals surface area (Å²) in [4.78, 5) is 19.6. The van der Waals surface area contributed by atoms with Gasteiger partial charge in [0.1, 0.15) is 0 Å². The third-order valence-corrected chi connectivity index (χ3v) is 4.33. The van der Waals surface area contributed by atoms with E-state index in [1.54, 1.807) is 0 Å². The lowest BCUT2D eigenvalue weighted by atomic mass is 10.0. The van der Waals surface area contributed by atoms with Crippen LogP contribution in [-0.4, -0.2) is 23.1 Å². The number of carboxylic acids is 2. The first-order valence-electron chi connectivity index (χ1n) is 10.5. The Morgan fingerprint density at radius 1 is 0.692 bits per heavy atom. The lowest BCUT2D eigenvalue weighted by Crippen LogP contribution is -2.32. The molecule has 1 N–H and O–H groups in total. The van der Waals surface area contributed by atoms with Crippen LogP contribution in [0.1, 0.15) is 117 Å². The van der Waals surface area contributed by atoms with Crippen LogP contribution >= 0.6 is 0 Å². The maximum Gasteiger partial charge on any atom is 0.0905 e. The van der Waals surface area contributed by atoms with Gasteiger partial charge in [0.05, 0.1) is 12.1 Å². The van der Waals surface area contributed by atoms with Crippen molar-refractivity contribution in [3.05, 3.63) is 0 Å². The van der Waals surface area contributed by atoms with Crippen molar-refractivity contribution >= 4 is 11.9 Å². The van der Waals surface area contributed by atoms with Crippen molar-refractivity contribution in [1.29, 1.82) is 0 Å². The molecule has 0 radical (unpaired) electrons. The smallest absolute Gasteiger partial charge is 0.0905 e. The number of aliphatic carboxylic acids is 2. The van der Waals surface area contributed by atoms with Gasteiger partial charge >= 0.3 is 0 Å². The molecule has 5 nitrogen and oxygen atoms in total. The lowest BCUT2D eigenvalue weighted by molar-refractivity contribution is -0.314. The van der Waals surface area contributed by atoms with E-state index in [2.05, 4.69) is 6.92 Å². The molecule has 5 heteroatoms. The van der Waals surface area contributed by atoms with Crippen LogP contribution in [0, 0.1) is 0 Å². The first-order valence-corrected chi connectivity index (χ1v) is 10.5. The molecule has 0 aromatic heterocycles. The van der Waals surface area contributed by atoms with Gasteiger partial charge in [0.15, 0.2) is 0 Å². The topological polar surface area (TPSA) is 100 Å². The number of rotatable bonds is 17. The van der Waals surface area contributed by atoms with Crippen molar-refractivity contribution in [2.24, 2.45) is 0 Å². The molecule has 0 aliphatic rings. The first-order chi connectivity index (χ1) is 12.4. The summed E-state index contributed by atoms with van der Waals surface area (Å²) < 4.78 is 0. The van der Waals surface area contributed by atoms with Gasteiger partial charge in [-0.1, -0.05) is 96.8 Å². The summed E-state index contributed by atoms with van der Waals surface area (Å²) in [5.74, 6) is -2.34. The molecule has 0 amide bonds. The van der Waals surface area contributed by atoms with Crippen LogP contribution in [0.25, 0.3) is 0 Å². The van der Waals surface area contributed by atoms with E-state index in [1.165, 1.54) is 83.5 Å². The van der Waals surface area contributed by atoms with E-state index in [-0.39, 0.29) is 6.42 Å². The average molecular weight is 373 g/mol. The summed E-state index contributed by atoms with van der Waals surface area (Å²) in [6, 6.07) is 0. The number of hydrogen-bond acceptors (Lipinski definition) is 5. The molecule has 26 heavy (non-hydrogen) atoms. The normalized spacial score (nSPS) is 11.5. The largest absolute Gasteiger partial charge is 0.550 e. The summed E-state index contributed by atoms with van der Waals surface area (Å²) in [5.41, 5.74) is 0. The number of carbonyl (C=O) groups is 2. The molecule has 0 heterocycles. The Balaban J connectivity index is 0. The molecule has 0 aliphatic carbocycles. The minimum absolute atomic E-state index is 0.234. The SMILES string of the molecule is CC(O)C(=O)[O-].CCCCCCCCCCCCCCCCCC(=O)[O-]. The number of aliphatic hydroxyl groups is 1. The van der Waals surface area contributed by atoms with Gasteiger partial charge in [-0.3, -0.25) is 0 Å². The zero-order chi connectivity index (χ0) is 20.0. The Labute approximate surface area is 160 Å². The highest BCUT2D eigenvalue weighted by atomic mass is 16.4. The monoisotopic (exact) mass is 372 g/mol. The van der Waals surface area contributed by atoms with Gasteiger partial charge in [-0.05, 0) is 19.8 Å². The standard InChI is InChI=1S/C18H36O2.C3H6O3/c1-2-3-4-5-6-7-8-9-10-11-12-13-14-15-16-17-18(19)20;1-2(4)3(5)6/h2-17H2,1H3,(H,19,20);2,4H,1H3,(H,5,6)/p-2. The number of carboxylic acid groups (broad SMARTS) is 2. The lowest BCUT2D eigenvalue weighted by Gasteiger charge is -2.04. The van der Waals surface area contributed by atoms with Crippen LogP contribution in [0.5, 0.6) is 0 Å². The van der Waals surface area contributed by atoms with Crippen LogP contribution in [0.2, 0.25) is 0 Å². The van der Waals surface area contributed by atoms with Gasteiger partial charge < -0.3 is 24.9 Å². The highest BCUT2D eigenvalue weighted by Crippen LogP contribution is 2.13. The third-order valence-electron chi connectivity index (χ3n) is 4.33. The molecule has 0 rings (SSSR count). The van der Waals surface area contributed by atoms with E-state index >= 15 is 0 Å². The van der Waals surface area contributed by atoms with Crippen LogP contribution in [0.15, 0.2) is 0 Å². The highest BCUT2D eigenvalue weighted by Gasteiger charge is 1.94. The molecular formula is C21H40O5-2. The van der Waals surface area contributed by atoms with Crippen LogP contribution < -0.4 is 10.2 Å². The molecule has 0 aromatic rings. The van der Waals surface area contributed by atoms with Crippen molar-refractivity contribution < 1.29 is 24.9 Å². The zero-order valence-electron chi connectivity index (χ0n) is 17.0. The maximum absolute atomic E-state index is 10.2. The Morgan fingerprint density at radius 3 is 1.19 bits per heavy atom. The van der Waals surface area contributed by atoms with Gasteiger partial charge in [0, 0.05) is 5.97 Å². The molecule has 0 saturated carbocycles. The second kappa shape index (κ2) is 21.9. The minimum Gasteiger partial charge on any atom is -0.550 e. The Hall–Kier alpha value is -1.10. The predicted molar refractivity (Wildman–Crippen MR) is 101 cm³/mol. The van der Waals surface area contributed by atoms with Crippen molar-refractivity contribution in [3.8, 4) is 0 Å². The van der Waals surface area contributed by atoms with E-state index in [0.29, 0.717) is 0 Å².